The van der Waals surface area contributed by atoms with Crippen LogP contribution in [0.3, 0.4) is 0 Å². The van der Waals surface area contributed by atoms with Gasteiger partial charge in [0.25, 0.3) is 0 Å². The van der Waals surface area contributed by atoms with Crippen LogP contribution < -0.4 is 16.2 Å². The second kappa shape index (κ2) is 7.70. The first-order valence-corrected chi connectivity index (χ1v) is 9.13. The lowest BCUT2D eigenvalue weighted by Gasteiger charge is -2.15. The van der Waals surface area contributed by atoms with Crippen molar-refractivity contribution in [3.05, 3.63) is 29.3 Å². The molecule has 1 fully saturated rings. The fourth-order valence-electron chi connectivity index (χ4n) is 2.73. The van der Waals surface area contributed by atoms with Gasteiger partial charge in [-0.25, -0.2) is 4.98 Å². The van der Waals surface area contributed by atoms with Crippen LogP contribution >= 0.6 is 23.6 Å². The molecule has 122 valence electrons. The summed E-state index contributed by atoms with van der Waals surface area (Å²) >= 11 is 6.82. The highest BCUT2D eigenvalue weighted by Crippen LogP contribution is 2.22. The maximum Gasteiger partial charge on any atom is 0.238 e. The predicted molar refractivity (Wildman–Crippen MR) is 97.2 cm³/mol. The van der Waals surface area contributed by atoms with Gasteiger partial charge in [-0.2, -0.15) is 0 Å². The average Bonchev–Trinajstić information content (AvgIpc) is 3.19. The Balaban J connectivity index is 1.39. The molecule has 23 heavy (non-hydrogen) atoms. The van der Waals surface area contributed by atoms with Gasteiger partial charge in [0.2, 0.25) is 5.91 Å². The molecule has 0 aliphatic heterocycles. The largest absolute Gasteiger partial charge is 0.359 e. The summed E-state index contributed by atoms with van der Waals surface area (Å²) in [5.41, 5.74) is 6.41. The van der Waals surface area contributed by atoms with Crippen molar-refractivity contribution >= 4 is 44.8 Å². The van der Waals surface area contributed by atoms with Crippen LogP contribution in [-0.4, -0.2) is 22.0 Å². The number of nitrogens with zero attached hydrogens (tertiary/aromatic N) is 1. The molecule has 0 saturated heterocycles. The number of aryl methyl sites for hydroxylation is 1. The lowest BCUT2D eigenvalue weighted by molar-refractivity contribution is -0.121. The monoisotopic (exact) mass is 348 g/mol. The van der Waals surface area contributed by atoms with E-state index in [0.29, 0.717) is 24.0 Å². The number of amides is 1. The molecule has 1 amide bonds. The fraction of sp³-hybridized carbons (Fsp3) is 0.438. The Morgan fingerprint density at radius 3 is 2.83 bits per heavy atom. The summed E-state index contributed by atoms with van der Waals surface area (Å²) in [6.07, 6.45) is 5.80. The molecule has 0 bridgehead atoms. The van der Waals surface area contributed by atoms with E-state index < -0.39 is 0 Å². The Morgan fingerprint density at radius 1 is 1.26 bits per heavy atom. The van der Waals surface area contributed by atoms with E-state index in [2.05, 4.69) is 21.2 Å². The molecule has 5 nitrogen and oxygen atoms in total. The number of benzene rings is 1. The van der Waals surface area contributed by atoms with E-state index in [0.717, 1.165) is 28.1 Å². The minimum Gasteiger partial charge on any atom is -0.359 e. The van der Waals surface area contributed by atoms with Crippen molar-refractivity contribution in [3.8, 4) is 0 Å². The molecular formula is C16H20N4OS2. The van der Waals surface area contributed by atoms with Gasteiger partial charge in [0.05, 0.1) is 15.2 Å². The number of hydrazine groups is 1. The third-order valence-electron chi connectivity index (χ3n) is 3.91. The summed E-state index contributed by atoms with van der Waals surface area (Å²) in [5.74, 6) is -0.0835. The molecule has 1 heterocycles. The fourth-order valence-corrected chi connectivity index (χ4v) is 3.91. The molecule has 1 saturated carbocycles. The first kappa shape index (κ1) is 16.1. The zero-order chi connectivity index (χ0) is 16.1. The number of rotatable bonds is 4. The summed E-state index contributed by atoms with van der Waals surface area (Å²) < 4.78 is 1.16. The highest BCUT2D eigenvalue weighted by atomic mass is 32.1. The SMILES string of the molecule is O=C(CCc1nc2ccccc2s1)NNC(=S)NC1CCCC1. The van der Waals surface area contributed by atoms with Crippen molar-refractivity contribution in [3.63, 3.8) is 0 Å². The van der Waals surface area contributed by atoms with Gasteiger partial charge < -0.3 is 5.32 Å². The minimum absolute atomic E-state index is 0.0835. The van der Waals surface area contributed by atoms with E-state index in [4.69, 9.17) is 12.2 Å². The van der Waals surface area contributed by atoms with Gasteiger partial charge >= 0.3 is 0 Å². The van der Waals surface area contributed by atoms with E-state index in [-0.39, 0.29) is 5.91 Å². The number of hydrogen-bond acceptors (Lipinski definition) is 4. The highest BCUT2D eigenvalue weighted by Gasteiger charge is 2.15. The molecule has 0 spiro atoms. The summed E-state index contributed by atoms with van der Waals surface area (Å²) in [6.45, 7) is 0. The van der Waals surface area contributed by atoms with Crippen LogP contribution in [0, 0.1) is 0 Å². The first-order chi connectivity index (χ1) is 11.2. The number of para-hydroxylation sites is 1. The van der Waals surface area contributed by atoms with E-state index in [1.54, 1.807) is 11.3 Å². The molecule has 3 rings (SSSR count). The lowest BCUT2D eigenvalue weighted by atomic mass is 10.3. The van der Waals surface area contributed by atoms with Crippen molar-refractivity contribution in [1.82, 2.24) is 21.2 Å². The predicted octanol–water partition coefficient (Wildman–Crippen LogP) is 2.67. The molecule has 1 aromatic heterocycles. The molecule has 1 aliphatic carbocycles. The number of fused-ring (bicyclic) bond motifs is 1. The lowest BCUT2D eigenvalue weighted by Crippen LogP contribution is -2.49. The van der Waals surface area contributed by atoms with Crippen molar-refractivity contribution in [2.24, 2.45) is 0 Å². The smallest absolute Gasteiger partial charge is 0.238 e. The van der Waals surface area contributed by atoms with Crippen LogP contribution in [-0.2, 0) is 11.2 Å². The molecule has 2 aromatic rings. The molecule has 0 atom stereocenters. The summed E-state index contributed by atoms with van der Waals surface area (Å²) in [4.78, 5) is 16.4. The molecule has 1 aliphatic rings. The zero-order valence-electron chi connectivity index (χ0n) is 12.8. The van der Waals surface area contributed by atoms with Crippen LogP contribution in [0.1, 0.15) is 37.1 Å². The summed E-state index contributed by atoms with van der Waals surface area (Å²) in [5, 5.41) is 4.69. The van der Waals surface area contributed by atoms with Crippen LogP contribution in [0.4, 0.5) is 0 Å². The van der Waals surface area contributed by atoms with Crippen molar-refractivity contribution < 1.29 is 4.79 Å². The van der Waals surface area contributed by atoms with E-state index in [9.17, 15) is 4.79 Å². The van der Waals surface area contributed by atoms with Crippen LogP contribution in [0.5, 0.6) is 0 Å². The Bertz CT molecular complexity index is 661. The van der Waals surface area contributed by atoms with Crippen LogP contribution in [0.2, 0.25) is 0 Å². The number of carbonyl (C=O) groups is 1. The van der Waals surface area contributed by atoms with Crippen molar-refractivity contribution in [2.45, 2.75) is 44.6 Å². The number of carbonyl (C=O) groups excluding carboxylic acids is 1. The molecule has 1 aromatic carbocycles. The minimum atomic E-state index is -0.0835. The van der Waals surface area contributed by atoms with Gasteiger partial charge in [0.1, 0.15) is 0 Å². The van der Waals surface area contributed by atoms with Crippen molar-refractivity contribution in [2.75, 3.05) is 0 Å². The Kier molecular flexibility index (Phi) is 5.40. The Morgan fingerprint density at radius 2 is 2.04 bits per heavy atom. The van der Waals surface area contributed by atoms with E-state index >= 15 is 0 Å². The quantitative estimate of drug-likeness (QED) is 0.586. The molecular weight excluding hydrogens is 328 g/mol. The number of hydrogen-bond donors (Lipinski definition) is 3. The van der Waals surface area contributed by atoms with E-state index in [1.807, 2.05) is 24.3 Å². The molecule has 7 heteroatoms. The summed E-state index contributed by atoms with van der Waals surface area (Å²) in [7, 11) is 0. The number of thiazole rings is 1. The molecule has 0 unspecified atom stereocenters. The normalized spacial score (nSPS) is 14.8. The average molecular weight is 348 g/mol. The Labute approximate surface area is 144 Å². The maximum atomic E-state index is 11.9. The van der Waals surface area contributed by atoms with Gasteiger partial charge in [-0.15, -0.1) is 11.3 Å². The third kappa shape index (κ3) is 4.62. The maximum absolute atomic E-state index is 11.9. The standard InChI is InChI=1S/C16H20N4OS2/c21-14(19-20-16(22)17-11-5-1-2-6-11)9-10-15-18-12-7-3-4-8-13(12)23-15/h3-4,7-8,11H,1-2,5-6,9-10H2,(H,19,21)(H2,17,20,22). The Hall–Kier alpha value is -1.73. The van der Waals surface area contributed by atoms with Gasteiger partial charge in [-0.3, -0.25) is 15.6 Å². The van der Waals surface area contributed by atoms with Gasteiger partial charge in [-0.1, -0.05) is 25.0 Å². The van der Waals surface area contributed by atoms with Gasteiger partial charge in [0.15, 0.2) is 5.11 Å². The van der Waals surface area contributed by atoms with Gasteiger partial charge in [-0.05, 0) is 37.2 Å². The topological polar surface area (TPSA) is 66.0 Å². The third-order valence-corrected chi connectivity index (χ3v) is 5.23. The van der Waals surface area contributed by atoms with Gasteiger partial charge in [0, 0.05) is 18.9 Å². The summed E-state index contributed by atoms with van der Waals surface area (Å²) in [6, 6.07) is 8.45. The number of thiocarbonyl (C=S) groups is 1. The second-order valence-electron chi connectivity index (χ2n) is 5.70. The number of aromatic nitrogens is 1. The van der Waals surface area contributed by atoms with Crippen molar-refractivity contribution in [1.29, 1.82) is 0 Å². The van der Waals surface area contributed by atoms with E-state index in [1.165, 1.54) is 12.8 Å². The van der Waals surface area contributed by atoms with Crippen LogP contribution in [0.15, 0.2) is 24.3 Å². The highest BCUT2D eigenvalue weighted by molar-refractivity contribution is 7.80. The first-order valence-electron chi connectivity index (χ1n) is 7.90. The zero-order valence-corrected chi connectivity index (χ0v) is 14.4. The molecule has 3 N–H and O–H groups in total. The van der Waals surface area contributed by atoms with Crippen LogP contribution in [0.25, 0.3) is 10.2 Å². The second-order valence-corrected chi connectivity index (χ2v) is 7.23. The number of nitrogens with one attached hydrogen (secondary N) is 3. The molecule has 0 radical (unpaired) electrons.